The number of hydrogen-bond acceptors (Lipinski definition) is 6. The summed E-state index contributed by atoms with van der Waals surface area (Å²) >= 11 is 19.1. The molecule has 0 aliphatic carbocycles. The molecule has 1 amide bonds. The van der Waals surface area contributed by atoms with Crippen LogP contribution >= 0.6 is 46.1 Å². The van der Waals surface area contributed by atoms with Gasteiger partial charge in [0, 0.05) is 20.6 Å². The zero-order valence-corrected chi connectivity index (χ0v) is 20.2. The summed E-state index contributed by atoms with van der Waals surface area (Å²) < 4.78 is 26.1. The molecule has 3 rings (SSSR count). The first-order valence-electron chi connectivity index (χ1n) is 8.94. The Balaban J connectivity index is 1.88. The van der Waals surface area contributed by atoms with Crippen LogP contribution in [0, 0.1) is 0 Å². The number of nitrogens with zero attached hydrogens (tertiary/aromatic N) is 3. The molecule has 1 heterocycles. The Morgan fingerprint density at radius 2 is 1.68 bits per heavy atom. The summed E-state index contributed by atoms with van der Waals surface area (Å²) in [6.45, 7) is 1.70. The Hall–Kier alpha value is -1.91. The second-order valence-corrected chi connectivity index (χ2v) is 10.7. The second-order valence-electron chi connectivity index (χ2n) is 6.52. The highest BCUT2D eigenvalue weighted by Crippen LogP contribution is 2.31. The number of halogens is 3. The van der Waals surface area contributed by atoms with Crippen molar-refractivity contribution in [3.05, 3.63) is 57.5 Å². The van der Waals surface area contributed by atoms with Gasteiger partial charge in [-0.2, -0.15) is 0 Å². The monoisotopic (exact) mass is 518 g/mol. The largest absolute Gasteiger partial charge is 0.299 e. The third kappa shape index (κ3) is 5.87. The van der Waals surface area contributed by atoms with E-state index in [0.717, 1.165) is 27.5 Å². The summed E-state index contributed by atoms with van der Waals surface area (Å²) in [6.07, 6.45) is 1.22. The van der Waals surface area contributed by atoms with Crippen molar-refractivity contribution in [2.45, 2.75) is 19.4 Å². The van der Waals surface area contributed by atoms with Gasteiger partial charge in [-0.15, -0.1) is 10.2 Å². The standard InChI is InChI=1S/C19H17Cl3N4O3S2/c1-3-16(26(31(2,28)29)15-9-13(21)8-14(22)10-15)17(27)23-19-25-24-18(30-19)11-4-6-12(20)7-5-11/h4-10,16H,3H2,1-2H3,(H,23,25,27). The maximum Gasteiger partial charge on any atom is 0.250 e. The summed E-state index contributed by atoms with van der Waals surface area (Å²) in [5.74, 6) is -0.553. The SMILES string of the molecule is CCC(C(=O)Nc1nnc(-c2ccc(Cl)cc2)s1)N(c1cc(Cl)cc(Cl)c1)S(C)(=O)=O. The van der Waals surface area contributed by atoms with Crippen LogP contribution in [0.1, 0.15) is 13.3 Å². The van der Waals surface area contributed by atoms with Crippen molar-refractivity contribution < 1.29 is 13.2 Å². The molecule has 1 aromatic heterocycles. The van der Waals surface area contributed by atoms with Gasteiger partial charge in [0.2, 0.25) is 21.1 Å². The lowest BCUT2D eigenvalue weighted by Gasteiger charge is -2.30. The zero-order valence-electron chi connectivity index (χ0n) is 16.3. The number of hydrogen-bond donors (Lipinski definition) is 1. The molecule has 0 radical (unpaired) electrons. The molecule has 0 saturated heterocycles. The number of nitrogens with one attached hydrogen (secondary N) is 1. The molecule has 0 aliphatic heterocycles. The molecule has 0 aliphatic rings. The smallest absolute Gasteiger partial charge is 0.250 e. The molecule has 0 bridgehead atoms. The summed E-state index contributed by atoms with van der Waals surface area (Å²) in [6, 6.07) is 10.3. The van der Waals surface area contributed by atoms with Crippen molar-refractivity contribution in [1.29, 1.82) is 0 Å². The van der Waals surface area contributed by atoms with E-state index >= 15 is 0 Å². The molecule has 3 aromatic rings. The lowest BCUT2D eigenvalue weighted by Crippen LogP contribution is -2.47. The molecule has 1 unspecified atom stereocenters. The fourth-order valence-electron chi connectivity index (χ4n) is 2.90. The molecule has 12 heteroatoms. The quantitative estimate of drug-likeness (QED) is 0.454. The highest BCUT2D eigenvalue weighted by molar-refractivity contribution is 7.92. The van der Waals surface area contributed by atoms with Crippen LogP contribution < -0.4 is 9.62 Å². The predicted octanol–water partition coefficient (Wildman–Crippen LogP) is 5.35. The van der Waals surface area contributed by atoms with E-state index in [1.54, 1.807) is 31.2 Å². The van der Waals surface area contributed by atoms with Gasteiger partial charge in [0.05, 0.1) is 11.9 Å². The minimum atomic E-state index is -3.83. The molecule has 164 valence electrons. The normalized spacial score (nSPS) is 12.4. The molecule has 2 aromatic carbocycles. The van der Waals surface area contributed by atoms with Crippen LogP contribution in [0.4, 0.5) is 10.8 Å². The lowest BCUT2D eigenvalue weighted by atomic mass is 10.2. The van der Waals surface area contributed by atoms with E-state index in [1.807, 2.05) is 0 Å². The highest BCUT2D eigenvalue weighted by atomic mass is 35.5. The van der Waals surface area contributed by atoms with Crippen LogP contribution in [-0.2, 0) is 14.8 Å². The van der Waals surface area contributed by atoms with Crippen LogP contribution in [0.2, 0.25) is 15.1 Å². The van der Waals surface area contributed by atoms with E-state index in [2.05, 4.69) is 15.5 Å². The van der Waals surface area contributed by atoms with Gasteiger partial charge in [0.15, 0.2) is 0 Å². The van der Waals surface area contributed by atoms with Crippen LogP contribution in [0.15, 0.2) is 42.5 Å². The van der Waals surface area contributed by atoms with Crippen LogP contribution in [0.25, 0.3) is 10.6 Å². The average molecular weight is 520 g/mol. The van der Waals surface area contributed by atoms with Gasteiger partial charge in [-0.3, -0.25) is 14.4 Å². The minimum absolute atomic E-state index is 0.195. The maximum atomic E-state index is 13.0. The van der Waals surface area contributed by atoms with Gasteiger partial charge in [0.1, 0.15) is 11.0 Å². The second kappa shape index (κ2) is 9.70. The number of sulfonamides is 1. The molecule has 1 N–H and O–H groups in total. The molecule has 31 heavy (non-hydrogen) atoms. The number of carbonyl (C=O) groups excluding carboxylic acids is 1. The Labute approximate surface area is 199 Å². The van der Waals surface area contributed by atoms with Crippen molar-refractivity contribution >= 4 is 72.9 Å². The number of rotatable bonds is 7. The van der Waals surface area contributed by atoms with Gasteiger partial charge in [-0.25, -0.2) is 8.42 Å². The van der Waals surface area contributed by atoms with Gasteiger partial charge in [0.25, 0.3) is 0 Å². The molecular weight excluding hydrogens is 503 g/mol. The van der Waals surface area contributed by atoms with Gasteiger partial charge >= 0.3 is 0 Å². The number of amides is 1. The van der Waals surface area contributed by atoms with Gasteiger partial charge in [-0.1, -0.05) is 65.2 Å². The fourth-order valence-corrected chi connectivity index (χ4v) is 5.49. The number of benzene rings is 2. The van der Waals surface area contributed by atoms with Crippen molar-refractivity contribution in [3.63, 3.8) is 0 Å². The highest BCUT2D eigenvalue weighted by Gasteiger charge is 2.32. The predicted molar refractivity (Wildman–Crippen MR) is 127 cm³/mol. The van der Waals surface area contributed by atoms with E-state index in [9.17, 15) is 13.2 Å². The number of anilines is 2. The summed E-state index contributed by atoms with van der Waals surface area (Å²) in [5, 5.41) is 12.6. The van der Waals surface area contributed by atoms with E-state index in [1.165, 1.54) is 18.2 Å². The van der Waals surface area contributed by atoms with Crippen molar-refractivity contribution in [2.24, 2.45) is 0 Å². The topological polar surface area (TPSA) is 92.3 Å². The van der Waals surface area contributed by atoms with Crippen molar-refractivity contribution in [1.82, 2.24) is 10.2 Å². The molecule has 0 fully saturated rings. The first kappa shape index (κ1) is 23.7. The molecular formula is C19H17Cl3N4O3S2. The zero-order chi connectivity index (χ0) is 22.8. The Kier molecular flexibility index (Phi) is 7.43. The average Bonchev–Trinajstić information content (AvgIpc) is 3.13. The van der Waals surface area contributed by atoms with Crippen molar-refractivity contribution in [2.75, 3.05) is 15.9 Å². The van der Waals surface area contributed by atoms with Gasteiger partial charge in [-0.05, 0) is 36.8 Å². The first-order valence-corrected chi connectivity index (χ1v) is 12.7. The summed E-state index contributed by atoms with van der Waals surface area (Å²) in [7, 11) is -3.83. The van der Waals surface area contributed by atoms with E-state index in [0.29, 0.717) is 10.0 Å². The van der Waals surface area contributed by atoms with Gasteiger partial charge < -0.3 is 0 Å². The summed E-state index contributed by atoms with van der Waals surface area (Å²) in [4.78, 5) is 13.0. The molecule has 7 nitrogen and oxygen atoms in total. The molecule has 0 saturated carbocycles. The Morgan fingerprint density at radius 3 is 2.23 bits per heavy atom. The third-order valence-electron chi connectivity index (χ3n) is 4.18. The van der Waals surface area contributed by atoms with E-state index in [4.69, 9.17) is 34.8 Å². The first-order chi connectivity index (χ1) is 14.6. The lowest BCUT2D eigenvalue weighted by molar-refractivity contribution is -0.117. The van der Waals surface area contributed by atoms with Crippen LogP contribution in [0.5, 0.6) is 0 Å². The fraction of sp³-hybridized carbons (Fsp3) is 0.211. The maximum absolute atomic E-state index is 13.0. The third-order valence-corrected chi connectivity index (χ3v) is 6.93. The van der Waals surface area contributed by atoms with Crippen LogP contribution in [0.3, 0.4) is 0 Å². The van der Waals surface area contributed by atoms with Crippen molar-refractivity contribution in [3.8, 4) is 10.6 Å². The number of aromatic nitrogens is 2. The molecule has 0 spiro atoms. The van der Waals surface area contributed by atoms with E-state index < -0.39 is 22.0 Å². The molecule has 1 atom stereocenters. The Morgan fingerprint density at radius 1 is 1.06 bits per heavy atom. The minimum Gasteiger partial charge on any atom is -0.299 e. The summed E-state index contributed by atoms with van der Waals surface area (Å²) in [5.41, 5.74) is 0.988. The number of carbonyl (C=O) groups is 1. The van der Waals surface area contributed by atoms with Crippen LogP contribution in [-0.4, -0.2) is 36.8 Å². The Bertz CT molecular complexity index is 1180. The van der Waals surface area contributed by atoms with E-state index in [-0.39, 0.29) is 27.3 Å².